The molecule has 0 saturated heterocycles. The van der Waals surface area contributed by atoms with Gasteiger partial charge in [0.2, 0.25) is 0 Å². The van der Waals surface area contributed by atoms with Crippen LogP contribution in [0.1, 0.15) is 37.5 Å². The van der Waals surface area contributed by atoms with E-state index >= 15 is 0 Å². The number of rotatable bonds is 4. The minimum Gasteiger partial charge on any atom is -0.489 e. The summed E-state index contributed by atoms with van der Waals surface area (Å²) in [6, 6.07) is 16.4. The first-order chi connectivity index (χ1) is 15.0. The molecule has 8 heteroatoms. The third kappa shape index (κ3) is 5.45. The van der Waals surface area contributed by atoms with Crippen LogP contribution in [0.3, 0.4) is 0 Å². The number of aromatic nitrogens is 2. The predicted molar refractivity (Wildman–Crippen MR) is 128 cm³/mol. The Hall–Kier alpha value is -2.70. The van der Waals surface area contributed by atoms with Gasteiger partial charge in [0.15, 0.2) is 0 Å². The van der Waals surface area contributed by atoms with E-state index in [1.807, 2.05) is 12.1 Å². The number of hydrogen-bond acceptors (Lipinski definition) is 2. The molecule has 1 heterocycles. The summed E-state index contributed by atoms with van der Waals surface area (Å²) in [7, 11) is 0. The molecule has 0 fully saturated rings. The number of hydrogen-bond donors (Lipinski definition) is 1. The van der Waals surface area contributed by atoms with Gasteiger partial charge in [0.1, 0.15) is 18.2 Å². The van der Waals surface area contributed by atoms with Crippen molar-refractivity contribution in [2.45, 2.75) is 39.0 Å². The lowest BCUT2D eigenvalue weighted by atomic mass is 9.87. The number of benzene rings is 3. The molecule has 4 rings (SSSR count). The fourth-order valence-corrected chi connectivity index (χ4v) is 3.67. The number of nitrogens with zero attached hydrogens (tertiary/aromatic N) is 1. The molecule has 4 aromatic rings. The summed E-state index contributed by atoms with van der Waals surface area (Å²) in [5, 5.41) is 0.461. The van der Waals surface area contributed by atoms with Crippen LogP contribution < -0.4 is 4.74 Å². The van der Waals surface area contributed by atoms with E-state index in [0.29, 0.717) is 22.2 Å². The second-order valence-electron chi connectivity index (χ2n) is 8.65. The molecule has 0 amide bonds. The Balaban J connectivity index is 0.00000306. The van der Waals surface area contributed by atoms with Gasteiger partial charge in [0.25, 0.3) is 0 Å². The standard InChI is InChI=1S/C25H22ClF3N2O.ClH/c1-24(2,3)16-8-11-21-22(12-16)31-23(30-21)18-13-17(9-10-20(18)26)32-14-15-6-4-5-7-19(15)25(27,28)29;/h4-13H,14H2,1-3H3,(H,30,31);1H. The Morgan fingerprint density at radius 3 is 2.39 bits per heavy atom. The van der Waals surface area contributed by atoms with Gasteiger partial charge in [-0.15, -0.1) is 12.4 Å². The number of ether oxygens (including phenoxy) is 1. The normalized spacial score (nSPS) is 12.0. The number of halogens is 5. The zero-order valence-corrected chi connectivity index (χ0v) is 19.8. The lowest BCUT2D eigenvalue weighted by molar-refractivity contribution is -0.138. The van der Waals surface area contributed by atoms with Crippen molar-refractivity contribution in [1.29, 1.82) is 0 Å². The Morgan fingerprint density at radius 2 is 1.70 bits per heavy atom. The molecule has 1 aromatic heterocycles. The molecule has 0 saturated carbocycles. The third-order valence-corrected chi connectivity index (χ3v) is 5.59. The van der Waals surface area contributed by atoms with Crippen molar-refractivity contribution in [3.05, 3.63) is 82.4 Å². The number of nitrogens with one attached hydrogen (secondary N) is 1. The molecule has 33 heavy (non-hydrogen) atoms. The van der Waals surface area contributed by atoms with Crippen LogP contribution >= 0.6 is 24.0 Å². The maximum Gasteiger partial charge on any atom is 0.416 e. The van der Waals surface area contributed by atoms with Gasteiger partial charge < -0.3 is 9.72 Å². The second-order valence-corrected chi connectivity index (χ2v) is 9.06. The molecule has 0 aliphatic carbocycles. The van der Waals surface area contributed by atoms with Crippen LogP contribution in [0.2, 0.25) is 5.02 Å². The molecule has 0 spiro atoms. The van der Waals surface area contributed by atoms with E-state index in [4.69, 9.17) is 16.3 Å². The van der Waals surface area contributed by atoms with E-state index in [9.17, 15) is 13.2 Å². The van der Waals surface area contributed by atoms with Crippen LogP contribution in [0.5, 0.6) is 5.75 Å². The summed E-state index contributed by atoms with van der Waals surface area (Å²) >= 11 is 6.40. The first kappa shape index (κ1) is 24.9. The highest BCUT2D eigenvalue weighted by Gasteiger charge is 2.33. The van der Waals surface area contributed by atoms with Gasteiger partial charge in [-0.2, -0.15) is 13.2 Å². The van der Waals surface area contributed by atoms with Crippen molar-refractivity contribution in [2.75, 3.05) is 0 Å². The average molecular weight is 495 g/mol. The zero-order chi connectivity index (χ0) is 23.1. The SMILES string of the molecule is CC(C)(C)c1ccc2nc(-c3cc(OCc4ccccc4C(F)(F)F)ccc3Cl)[nH]c2c1.Cl. The van der Waals surface area contributed by atoms with Crippen LogP contribution in [0, 0.1) is 0 Å². The van der Waals surface area contributed by atoms with Crippen molar-refractivity contribution in [2.24, 2.45) is 0 Å². The van der Waals surface area contributed by atoms with E-state index in [1.54, 1.807) is 24.3 Å². The van der Waals surface area contributed by atoms with Gasteiger partial charge in [0, 0.05) is 11.1 Å². The van der Waals surface area contributed by atoms with Crippen LogP contribution in [0.15, 0.2) is 60.7 Å². The summed E-state index contributed by atoms with van der Waals surface area (Å²) in [6.45, 7) is 6.20. The molecule has 0 aliphatic rings. The number of aromatic amines is 1. The molecule has 0 aliphatic heterocycles. The molecule has 0 atom stereocenters. The van der Waals surface area contributed by atoms with E-state index in [0.717, 1.165) is 17.1 Å². The highest BCUT2D eigenvalue weighted by Crippen LogP contribution is 2.34. The Kier molecular flexibility index (Phi) is 7.01. The lowest BCUT2D eigenvalue weighted by Crippen LogP contribution is -2.10. The summed E-state index contributed by atoms with van der Waals surface area (Å²) in [5.74, 6) is 0.967. The third-order valence-electron chi connectivity index (χ3n) is 5.26. The number of imidazole rings is 1. The van der Waals surface area contributed by atoms with Crippen LogP contribution in [0.25, 0.3) is 22.4 Å². The topological polar surface area (TPSA) is 37.9 Å². The Morgan fingerprint density at radius 1 is 0.970 bits per heavy atom. The lowest BCUT2D eigenvalue weighted by Gasteiger charge is -2.18. The van der Waals surface area contributed by atoms with Crippen LogP contribution in [0.4, 0.5) is 13.2 Å². The van der Waals surface area contributed by atoms with Crippen molar-refractivity contribution in [3.63, 3.8) is 0 Å². The molecule has 3 aromatic carbocycles. The minimum atomic E-state index is -4.44. The molecule has 0 unspecified atom stereocenters. The molecule has 3 nitrogen and oxygen atoms in total. The minimum absolute atomic E-state index is 0. The van der Waals surface area contributed by atoms with Gasteiger partial charge in [-0.1, -0.05) is 56.6 Å². The van der Waals surface area contributed by atoms with Gasteiger partial charge in [-0.05, 0) is 47.4 Å². The van der Waals surface area contributed by atoms with E-state index < -0.39 is 11.7 Å². The predicted octanol–water partition coefficient (Wildman–Crippen LogP) is 8.20. The van der Waals surface area contributed by atoms with Gasteiger partial charge >= 0.3 is 6.18 Å². The first-order valence-electron chi connectivity index (χ1n) is 10.1. The highest BCUT2D eigenvalue weighted by molar-refractivity contribution is 6.33. The molecular weight excluding hydrogens is 472 g/mol. The van der Waals surface area contributed by atoms with Crippen molar-refractivity contribution >= 4 is 35.0 Å². The Labute approximate surface area is 201 Å². The van der Waals surface area contributed by atoms with Crippen molar-refractivity contribution in [3.8, 4) is 17.1 Å². The fraction of sp³-hybridized carbons (Fsp3) is 0.240. The maximum absolute atomic E-state index is 13.2. The van der Waals surface area contributed by atoms with E-state index in [2.05, 4.69) is 36.8 Å². The smallest absolute Gasteiger partial charge is 0.416 e. The fourth-order valence-electron chi connectivity index (χ4n) is 3.46. The van der Waals surface area contributed by atoms with Crippen LogP contribution in [-0.2, 0) is 18.2 Å². The average Bonchev–Trinajstić information content (AvgIpc) is 3.15. The number of H-pyrrole nitrogens is 1. The highest BCUT2D eigenvalue weighted by atomic mass is 35.5. The van der Waals surface area contributed by atoms with Crippen molar-refractivity contribution < 1.29 is 17.9 Å². The molecule has 0 bridgehead atoms. The molecule has 1 N–H and O–H groups in total. The van der Waals surface area contributed by atoms with Crippen molar-refractivity contribution in [1.82, 2.24) is 9.97 Å². The van der Waals surface area contributed by atoms with Gasteiger partial charge in [-0.3, -0.25) is 0 Å². The molecule has 0 radical (unpaired) electrons. The van der Waals surface area contributed by atoms with Crippen LogP contribution in [-0.4, -0.2) is 9.97 Å². The summed E-state index contributed by atoms with van der Waals surface area (Å²) in [5.41, 5.74) is 2.82. The summed E-state index contributed by atoms with van der Waals surface area (Å²) < 4.78 is 45.4. The van der Waals surface area contributed by atoms with Gasteiger partial charge in [0.05, 0.1) is 21.6 Å². The summed E-state index contributed by atoms with van der Waals surface area (Å²) in [4.78, 5) is 7.92. The number of fused-ring (bicyclic) bond motifs is 1. The zero-order valence-electron chi connectivity index (χ0n) is 18.3. The molecule has 174 valence electrons. The second kappa shape index (κ2) is 9.27. The first-order valence-corrected chi connectivity index (χ1v) is 10.5. The largest absolute Gasteiger partial charge is 0.489 e. The number of alkyl halides is 3. The quantitative estimate of drug-likeness (QED) is 0.310. The maximum atomic E-state index is 13.2. The monoisotopic (exact) mass is 494 g/mol. The van der Waals surface area contributed by atoms with E-state index in [1.165, 1.54) is 17.7 Å². The summed E-state index contributed by atoms with van der Waals surface area (Å²) in [6.07, 6.45) is -4.44. The Bertz CT molecular complexity index is 1280. The van der Waals surface area contributed by atoms with Gasteiger partial charge in [-0.25, -0.2) is 4.98 Å². The van der Waals surface area contributed by atoms with E-state index in [-0.39, 0.29) is 30.0 Å². The molecular formula is C25H23Cl2F3N2O.